The maximum absolute atomic E-state index is 14.8. The number of nitrogens with zero attached hydrogens (tertiary/aromatic N) is 8. The van der Waals surface area contributed by atoms with E-state index in [0.717, 1.165) is 64.9 Å². The summed E-state index contributed by atoms with van der Waals surface area (Å²) in [4.78, 5) is 69.9. The lowest BCUT2D eigenvalue weighted by Crippen LogP contribution is -2.75. The molecule has 5 heterocycles. The van der Waals surface area contributed by atoms with Crippen LogP contribution in [0, 0.1) is 0 Å². The highest BCUT2D eigenvalue weighted by Gasteiger charge is 2.51. The Labute approximate surface area is 363 Å². The summed E-state index contributed by atoms with van der Waals surface area (Å²) in [7, 11) is 6.17. The van der Waals surface area contributed by atoms with Gasteiger partial charge in [-0.25, -0.2) is 15.0 Å². The molecule has 0 radical (unpaired) electrons. The quantitative estimate of drug-likeness (QED) is 0.119. The van der Waals surface area contributed by atoms with E-state index in [9.17, 15) is 24.3 Å². The van der Waals surface area contributed by atoms with Crippen molar-refractivity contribution in [1.82, 2.24) is 34.3 Å². The van der Waals surface area contributed by atoms with Gasteiger partial charge in [-0.2, -0.15) is 0 Å². The molecule has 1 N–H and O–H groups in total. The number of aromatic hydroxyl groups is 1. The lowest BCUT2D eigenvalue weighted by Gasteiger charge is -2.55. The van der Waals surface area contributed by atoms with Crippen molar-refractivity contribution in [3.63, 3.8) is 0 Å². The molecule has 0 aliphatic carbocycles. The number of piperazine rings is 1. The molecular formula is C49H56N8O5. The number of phenols is 1. The fourth-order valence-electron chi connectivity index (χ4n) is 9.48. The summed E-state index contributed by atoms with van der Waals surface area (Å²) in [5.41, 5.74) is 4.90. The number of hydrogen-bond donors (Lipinski definition) is 1. The van der Waals surface area contributed by atoms with Crippen LogP contribution in [0.25, 0.3) is 10.9 Å². The van der Waals surface area contributed by atoms with Crippen LogP contribution < -0.4 is 4.90 Å². The SMILES string of the molecule is C=CCN1CC(=O)N2[C@@H](Cc3ccc(O)cc3)C(=O)N(Cc3cccc4c(C(=O)Cc5ccc(N6CCC(N(C)C)CC6)nc5)cn(C)c34)C[C@@H]2N1C(=O)CCc1ccccc1. The zero-order valence-electron chi connectivity index (χ0n) is 35.9. The van der Waals surface area contributed by atoms with Crippen LogP contribution in [0.3, 0.4) is 0 Å². The van der Waals surface area contributed by atoms with E-state index in [1.54, 1.807) is 50.2 Å². The molecule has 2 atom stereocenters. The molecule has 3 fully saturated rings. The van der Waals surface area contributed by atoms with Gasteiger partial charge < -0.3 is 29.3 Å². The first-order chi connectivity index (χ1) is 30.0. The van der Waals surface area contributed by atoms with Gasteiger partial charge in [-0.05, 0) is 73.8 Å². The highest BCUT2D eigenvalue weighted by Crippen LogP contribution is 2.33. The Kier molecular flexibility index (Phi) is 12.5. The fourth-order valence-corrected chi connectivity index (χ4v) is 9.48. The van der Waals surface area contributed by atoms with Gasteiger partial charge in [0.15, 0.2) is 5.78 Å². The van der Waals surface area contributed by atoms with E-state index in [1.807, 2.05) is 84.7 Å². The number of aryl methyl sites for hydroxylation is 2. The van der Waals surface area contributed by atoms with Crippen LogP contribution in [0.2, 0.25) is 0 Å². The van der Waals surface area contributed by atoms with Crippen molar-refractivity contribution in [3.05, 3.63) is 138 Å². The number of amides is 3. The van der Waals surface area contributed by atoms with Gasteiger partial charge in [0.05, 0.1) is 18.6 Å². The molecule has 8 rings (SSSR count). The van der Waals surface area contributed by atoms with Crippen molar-refractivity contribution in [2.24, 2.45) is 7.05 Å². The number of pyridine rings is 1. The van der Waals surface area contributed by atoms with Crippen LogP contribution in [-0.4, -0.2) is 128 Å². The number of hydrogen-bond acceptors (Lipinski definition) is 9. The number of aromatic nitrogens is 2. The predicted molar refractivity (Wildman–Crippen MR) is 239 cm³/mol. The molecule has 13 nitrogen and oxygen atoms in total. The second-order valence-corrected chi connectivity index (χ2v) is 17.0. The average Bonchev–Trinajstić information content (AvgIpc) is 3.62. The first kappa shape index (κ1) is 42.4. The molecular weight excluding hydrogens is 781 g/mol. The number of Topliss-reactive ketones (excluding diaryl/α,β-unsaturated/α-hetero) is 1. The van der Waals surface area contributed by atoms with Crippen molar-refractivity contribution in [1.29, 1.82) is 0 Å². The molecule has 0 saturated carbocycles. The monoisotopic (exact) mass is 836 g/mol. The number of para-hydroxylation sites is 1. The van der Waals surface area contributed by atoms with Crippen LogP contribution >= 0.6 is 0 Å². The second kappa shape index (κ2) is 18.3. The summed E-state index contributed by atoms with van der Waals surface area (Å²) in [6, 6.07) is 26.0. The zero-order chi connectivity index (χ0) is 43.5. The Morgan fingerprint density at radius 3 is 2.35 bits per heavy atom. The number of piperidine rings is 1. The molecule has 0 unspecified atom stereocenters. The molecule has 0 bridgehead atoms. The minimum Gasteiger partial charge on any atom is -0.508 e. The van der Waals surface area contributed by atoms with Gasteiger partial charge in [0.1, 0.15) is 23.8 Å². The van der Waals surface area contributed by atoms with Crippen molar-refractivity contribution in [3.8, 4) is 5.75 Å². The standard InChI is InChI=1S/C49H56N8O5/c1-5-24-55-33-47(61)56-42(27-35-14-18-39(58)19-15-35)49(62)54(32-45(56)57(55)46(60)21-17-34-10-7-6-8-11-34)30-37-12-9-13-40-41(31-52(4)48(37)40)43(59)28-36-16-20-44(50-29-36)53-25-22-38(23-26-53)51(2)3/h5-16,18-20,29,31,38,42,45,58H,1,17,21-28,30,32-33H2,2-4H3/t42-,45-/m0/s1. The van der Waals surface area contributed by atoms with E-state index >= 15 is 0 Å². The topological polar surface area (TPSA) is 126 Å². The van der Waals surface area contributed by atoms with E-state index in [4.69, 9.17) is 4.98 Å². The maximum Gasteiger partial charge on any atom is 0.246 e. The molecule has 3 amide bonds. The van der Waals surface area contributed by atoms with Gasteiger partial charge in [-0.15, -0.1) is 6.58 Å². The summed E-state index contributed by atoms with van der Waals surface area (Å²) in [6.07, 6.45) is 7.88. The van der Waals surface area contributed by atoms with E-state index in [-0.39, 0.29) is 74.7 Å². The Balaban J connectivity index is 1.06. The predicted octanol–water partition coefficient (Wildman–Crippen LogP) is 5.22. The van der Waals surface area contributed by atoms with Crippen molar-refractivity contribution in [2.45, 2.75) is 63.3 Å². The maximum atomic E-state index is 14.8. The third-order valence-electron chi connectivity index (χ3n) is 12.7. The number of hydrazine groups is 1. The third-order valence-corrected chi connectivity index (χ3v) is 12.7. The molecule has 13 heteroatoms. The van der Waals surface area contributed by atoms with Crippen molar-refractivity contribution >= 4 is 40.2 Å². The second-order valence-electron chi connectivity index (χ2n) is 17.0. The summed E-state index contributed by atoms with van der Waals surface area (Å²) in [5, 5.41) is 14.2. The lowest BCUT2D eigenvalue weighted by atomic mass is 9.97. The number of phenolic OH excluding ortho intramolecular Hbond substituents is 1. The lowest BCUT2D eigenvalue weighted by molar-refractivity contribution is -0.205. The fraction of sp³-hybridized carbons (Fsp3) is 0.367. The molecule has 62 heavy (non-hydrogen) atoms. The normalized spacial score (nSPS) is 18.8. The van der Waals surface area contributed by atoms with Gasteiger partial charge in [-0.3, -0.25) is 19.2 Å². The van der Waals surface area contributed by atoms with Crippen LogP contribution in [0.5, 0.6) is 5.75 Å². The van der Waals surface area contributed by atoms with Crippen molar-refractivity contribution in [2.75, 3.05) is 51.7 Å². The summed E-state index contributed by atoms with van der Waals surface area (Å²) < 4.78 is 1.95. The first-order valence-corrected chi connectivity index (χ1v) is 21.5. The van der Waals surface area contributed by atoms with Crippen LogP contribution in [0.1, 0.15) is 51.9 Å². The third kappa shape index (κ3) is 8.86. The van der Waals surface area contributed by atoms with E-state index in [2.05, 4.69) is 30.5 Å². The van der Waals surface area contributed by atoms with Gasteiger partial charge in [0.25, 0.3) is 0 Å². The minimum absolute atomic E-state index is 0.0274. The summed E-state index contributed by atoms with van der Waals surface area (Å²) in [6.45, 7) is 6.29. The highest BCUT2D eigenvalue weighted by atomic mass is 16.3. The molecule has 0 spiro atoms. The Morgan fingerprint density at radius 2 is 1.66 bits per heavy atom. The van der Waals surface area contributed by atoms with E-state index in [1.165, 1.54) is 0 Å². The smallest absolute Gasteiger partial charge is 0.246 e. The molecule has 3 aromatic carbocycles. The minimum atomic E-state index is -0.907. The molecule has 322 valence electrons. The first-order valence-electron chi connectivity index (χ1n) is 21.5. The number of benzene rings is 3. The molecule has 3 aliphatic heterocycles. The largest absolute Gasteiger partial charge is 0.508 e. The van der Waals surface area contributed by atoms with Crippen molar-refractivity contribution < 1.29 is 24.3 Å². The Hall–Kier alpha value is -6.31. The summed E-state index contributed by atoms with van der Waals surface area (Å²) in [5.74, 6) is 0.361. The van der Waals surface area contributed by atoms with Gasteiger partial charge in [-0.1, -0.05) is 72.8 Å². The number of anilines is 1. The molecule has 3 aliphatic rings. The van der Waals surface area contributed by atoms with Gasteiger partial charge in [0.2, 0.25) is 17.7 Å². The zero-order valence-corrected chi connectivity index (χ0v) is 35.9. The number of fused-ring (bicyclic) bond motifs is 2. The average molecular weight is 837 g/mol. The molecule has 3 saturated heterocycles. The van der Waals surface area contributed by atoms with Gasteiger partial charge in [0, 0.05) is 81.9 Å². The van der Waals surface area contributed by atoms with Crippen LogP contribution in [0.4, 0.5) is 5.82 Å². The molecule has 2 aromatic heterocycles. The number of carbonyl (C=O) groups is 4. The Bertz CT molecular complexity index is 2420. The van der Waals surface area contributed by atoms with E-state index in [0.29, 0.717) is 18.0 Å². The van der Waals surface area contributed by atoms with Crippen LogP contribution in [-0.2, 0) is 47.2 Å². The Morgan fingerprint density at radius 1 is 0.919 bits per heavy atom. The van der Waals surface area contributed by atoms with Crippen LogP contribution in [0.15, 0.2) is 110 Å². The highest BCUT2D eigenvalue weighted by molar-refractivity contribution is 6.09. The number of ketones is 1. The van der Waals surface area contributed by atoms with Gasteiger partial charge >= 0.3 is 0 Å². The number of carbonyl (C=O) groups excluding carboxylic acids is 4. The molecule has 5 aromatic rings. The van der Waals surface area contributed by atoms with E-state index < -0.39 is 12.2 Å². The summed E-state index contributed by atoms with van der Waals surface area (Å²) >= 11 is 0. The number of rotatable bonds is 14.